The van der Waals surface area contributed by atoms with Crippen LogP contribution >= 0.6 is 0 Å². The van der Waals surface area contributed by atoms with E-state index in [9.17, 15) is 0 Å². The zero-order valence-corrected chi connectivity index (χ0v) is 11.1. The molecule has 0 bridgehead atoms. The average Bonchev–Trinajstić information content (AvgIpc) is 2.92. The highest BCUT2D eigenvalue weighted by molar-refractivity contribution is 5.23. The Kier molecular flexibility index (Phi) is 3.78. The smallest absolute Gasteiger partial charge is 0.0670 e. The second kappa shape index (κ2) is 5.32. The maximum atomic E-state index is 5.67. The van der Waals surface area contributed by atoms with Crippen molar-refractivity contribution in [3.05, 3.63) is 35.4 Å². The summed E-state index contributed by atoms with van der Waals surface area (Å²) in [7, 11) is 3.84. The summed E-state index contributed by atoms with van der Waals surface area (Å²) < 4.78 is 3.63. The van der Waals surface area contributed by atoms with Crippen molar-refractivity contribution in [2.45, 2.75) is 25.8 Å². The molecule has 0 radical (unpaired) electrons. The van der Waals surface area contributed by atoms with Crippen LogP contribution in [0.15, 0.2) is 18.5 Å². The number of hydrogen-bond acceptors (Lipinski definition) is 4. The molecule has 0 amide bonds. The van der Waals surface area contributed by atoms with Gasteiger partial charge in [0.05, 0.1) is 17.4 Å². The van der Waals surface area contributed by atoms with Gasteiger partial charge in [0.15, 0.2) is 0 Å². The van der Waals surface area contributed by atoms with Crippen LogP contribution < -0.4 is 11.3 Å². The Bertz CT molecular complexity index is 512. The third-order valence-corrected chi connectivity index (χ3v) is 3.03. The standard InChI is InChI=1S/C12H20N6/c1-4-11-10(8-18(3)16-11)12(14-13)7-9-5-6-17(2)15-9/h5-6,8,12,14H,4,7,13H2,1-3H3. The largest absolute Gasteiger partial charge is 0.276 e. The van der Waals surface area contributed by atoms with Crippen LogP contribution in [0.1, 0.15) is 29.9 Å². The number of nitrogens with zero attached hydrogens (tertiary/aromatic N) is 4. The fourth-order valence-corrected chi connectivity index (χ4v) is 2.16. The van der Waals surface area contributed by atoms with Gasteiger partial charge in [-0.2, -0.15) is 10.2 Å². The van der Waals surface area contributed by atoms with Gasteiger partial charge >= 0.3 is 0 Å². The maximum Gasteiger partial charge on any atom is 0.0670 e. The Labute approximate surface area is 107 Å². The summed E-state index contributed by atoms with van der Waals surface area (Å²) >= 11 is 0. The molecule has 0 saturated heterocycles. The quantitative estimate of drug-likeness (QED) is 0.595. The molecular formula is C12H20N6. The molecule has 0 aliphatic heterocycles. The van der Waals surface area contributed by atoms with E-state index in [2.05, 4.69) is 22.5 Å². The van der Waals surface area contributed by atoms with Crippen LogP contribution in [0.2, 0.25) is 0 Å². The van der Waals surface area contributed by atoms with Crippen molar-refractivity contribution in [3.63, 3.8) is 0 Å². The fourth-order valence-electron chi connectivity index (χ4n) is 2.16. The van der Waals surface area contributed by atoms with Crippen LogP contribution in [0.25, 0.3) is 0 Å². The molecule has 0 aliphatic carbocycles. The van der Waals surface area contributed by atoms with Crippen molar-refractivity contribution in [2.24, 2.45) is 19.9 Å². The average molecular weight is 248 g/mol. The van der Waals surface area contributed by atoms with Gasteiger partial charge < -0.3 is 0 Å². The maximum absolute atomic E-state index is 5.67. The van der Waals surface area contributed by atoms with E-state index in [4.69, 9.17) is 5.84 Å². The van der Waals surface area contributed by atoms with E-state index in [1.54, 1.807) is 4.68 Å². The Balaban J connectivity index is 2.22. The summed E-state index contributed by atoms with van der Waals surface area (Å²) in [6.07, 6.45) is 5.62. The Hall–Kier alpha value is -1.66. The van der Waals surface area contributed by atoms with Crippen molar-refractivity contribution in [2.75, 3.05) is 0 Å². The predicted octanol–water partition coefficient (Wildman–Crippen LogP) is 0.463. The lowest BCUT2D eigenvalue weighted by Crippen LogP contribution is -2.30. The molecule has 3 N–H and O–H groups in total. The first kappa shape index (κ1) is 12.8. The lowest BCUT2D eigenvalue weighted by atomic mass is 10.0. The van der Waals surface area contributed by atoms with Gasteiger partial charge in [-0.3, -0.25) is 20.6 Å². The number of hydrogen-bond donors (Lipinski definition) is 2. The van der Waals surface area contributed by atoms with E-state index in [-0.39, 0.29) is 6.04 Å². The molecule has 2 rings (SSSR count). The summed E-state index contributed by atoms with van der Waals surface area (Å²) in [5, 5.41) is 8.82. The van der Waals surface area contributed by atoms with Gasteiger partial charge in [0, 0.05) is 38.5 Å². The van der Waals surface area contributed by atoms with E-state index in [0.717, 1.165) is 29.8 Å². The highest BCUT2D eigenvalue weighted by Crippen LogP contribution is 2.20. The van der Waals surface area contributed by atoms with Gasteiger partial charge in [-0.25, -0.2) is 0 Å². The van der Waals surface area contributed by atoms with Gasteiger partial charge in [0.2, 0.25) is 0 Å². The van der Waals surface area contributed by atoms with E-state index in [1.165, 1.54) is 0 Å². The van der Waals surface area contributed by atoms with Gasteiger partial charge in [0.1, 0.15) is 0 Å². The highest BCUT2D eigenvalue weighted by atomic mass is 15.3. The molecule has 0 fully saturated rings. The molecule has 6 heteroatoms. The van der Waals surface area contributed by atoms with Crippen LogP contribution in [0.4, 0.5) is 0 Å². The van der Waals surface area contributed by atoms with Gasteiger partial charge in [-0.1, -0.05) is 6.92 Å². The minimum atomic E-state index is 0.0450. The third kappa shape index (κ3) is 2.60. The molecule has 2 aromatic rings. The number of nitrogens with two attached hydrogens (primary N) is 1. The number of rotatable bonds is 5. The molecule has 2 heterocycles. The van der Waals surface area contributed by atoms with Crippen LogP contribution in [0.3, 0.4) is 0 Å². The Morgan fingerprint density at radius 1 is 1.33 bits per heavy atom. The van der Waals surface area contributed by atoms with Crippen molar-refractivity contribution < 1.29 is 0 Å². The first-order valence-electron chi connectivity index (χ1n) is 6.11. The molecular weight excluding hydrogens is 228 g/mol. The monoisotopic (exact) mass is 248 g/mol. The Morgan fingerprint density at radius 3 is 2.67 bits per heavy atom. The molecule has 98 valence electrons. The molecule has 0 aromatic carbocycles. The molecule has 0 spiro atoms. The van der Waals surface area contributed by atoms with Crippen molar-refractivity contribution in [3.8, 4) is 0 Å². The lowest BCUT2D eigenvalue weighted by Gasteiger charge is -2.14. The third-order valence-electron chi connectivity index (χ3n) is 3.03. The van der Waals surface area contributed by atoms with Gasteiger partial charge in [-0.05, 0) is 12.5 Å². The molecule has 0 saturated carbocycles. The summed E-state index contributed by atoms with van der Waals surface area (Å²) in [4.78, 5) is 0. The SMILES string of the molecule is CCc1nn(C)cc1C(Cc1ccn(C)n1)NN. The van der Waals surface area contributed by atoms with Gasteiger partial charge in [0.25, 0.3) is 0 Å². The van der Waals surface area contributed by atoms with Crippen LogP contribution in [-0.2, 0) is 26.9 Å². The topological polar surface area (TPSA) is 73.7 Å². The van der Waals surface area contributed by atoms with E-state index in [0.29, 0.717) is 0 Å². The Morgan fingerprint density at radius 2 is 2.11 bits per heavy atom. The van der Waals surface area contributed by atoms with Crippen LogP contribution in [0.5, 0.6) is 0 Å². The second-order valence-corrected chi connectivity index (χ2v) is 4.46. The van der Waals surface area contributed by atoms with Crippen LogP contribution in [0, 0.1) is 0 Å². The number of aromatic nitrogens is 4. The number of nitrogens with one attached hydrogen (secondary N) is 1. The first-order chi connectivity index (χ1) is 8.63. The number of hydrazine groups is 1. The van der Waals surface area contributed by atoms with Crippen molar-refractivity contribution >= 4 is 0 Å². The zero-order chi connectivity index (χ0) is 13.1. The van der Waals surface area contributed by atoms with Crippen molar-refractivity contribution in [1.29, 1.82) is 0 Å². The van der Waals surface area contributed by atoms with Crippen molar-refractivity contribution in [1.82, 2.24) is 25.0 Å². The summed E-state index contributed by atoms with van der Waals surface area (Å²) in [6.45, 7) is 2.10. The molecule has 2 aromatic heterocycles. The lowest BCUT2D eigenvalue weighted by molar-refractivity contribution is 0.537. The molecule has 18 heavy (non-hydrogen) atoms. The minimum Gasteiger partial charge on any atom is -0.276 e. The highest BCUT2D eigenvalue weighted by Gasteiger charge is 2.18. The molecule has 6 nitrogen and oxygen atoms in total. The normalized spacial score (nSPS) is 12.9. The minimum absolute atomic E-state index is 0.0450. The molecule has 0 aliphatic rings. The second-order valence-electron chi connectivity index (χ2n) is 4.46. The summed E-state index contributed by atoms with van der Waals surface area (Å²) in [6, 6.07) is 2.05. The van der Waals surface area contributed by atoms with Gasteiger partial charge in [-0.15, -0.1) is 0 Å². The van der Waals surface area contributed by atoms with E-state index in [1.807, 2.05) is 37.2 Å². The van der Waals surface area contributed by atoms with Crippen LogP contribution in [-0.4, -0.2) is 19.6 Å². The molecule has 1 unspecified atom stereocenters. The predicted molar refractivity (Wildman–Crippen MR) is 69.6 cm³/mol. The number of aryl methyl sites for hydroxylation is 3. The summed E-state index contributed by atoms with van der Waals surface area (Å²) in [5.41, 5.74) is 6.11. The zero-order valence-electron chi connectivity index (χ0n) is 11.1. The summed E-state index contributed by atoms with van der Waals surface area (Å²) in [5.74, 6) is 5.67. The van der Waals surface area contributed by atoms with E-state index < -0.39 is 0 Å². The van der Waals surface area contributed by atoms with E-state index >= 15 is 0 Å². The fraction of sp³-hybridized carbons (Fsp3) is 0.500. The first-order valence-corrected chi connectivity index (χ1v) is 6.11. The molecule has 1 atom stereocenters.